The Labute approximate surface area is 181 Å². The number of benzene rings is 3. The van der Waals surface area contributed by atoms with Crippen LogP contribution in [0.25, 0.3) is 0 Å². The zero-order valence-corrected chi connectivity index (χ0v) is 17.2. The van der Waals surface area contributed by atoms with Gasteiger partial charge < -0.3 is 5.32 Å². The van der Waals surface area contributed by atoms with E-state index in [9.17, 15) is 13.6 Å². The highest BCUT2D eigenvalue weighted by Gasteiger charge is 2.29. The van der Waals surface area contributed by atoms with E-state index in [-0.39, 0.29) is 17.9 Å². The van der Waals surface area contributed by atoms with Crippen molar-refractivity contribution in [2.75, 3.05) is 23.3 Å². The predicted molar refractivity (Wildman–Crippen MR) is 119 cm³/mol. The Hall–Kier alpha value is -3.25. The molecular weight excluding hydrogens is 396 g/mol. The Kier molecular flexibility index (Phi) is 6.57. The lowest BCUT2D eigenvalue weighted by Crippen LogP contribution is -2.49. The highest BCUT2D eigenvalue weighted by Crippen LogP contribution is 2.26. The first-order valence-electron chi connectivity index (χ1n) is 10.5. The molecule has 0 aromatic heterocycles. The van der Waals surface area contributed by atoms with Crippen LogP contribution >= 0.6 is 0 Å². The van der Waals surface area contributed by atoms with E-state index in [0.29, 0.717) is 11.4 Å². The maximum atomic E-state index is 13.9. The molecule has 1 fully saturated rings. The molecule has 31 heavy (non-hydrogen) atoms. The molecule has 0 spiro atoms. The Balaban J connectivity index is 1.48. The summed E-state index contributed by atoms with van der Waals surface area (Å²) in [5.41, 5.74) is 2.27. The van der Waals surface area contributed by atoms with Crippen molar-refractivity contribution in [3.8, 4) is 0 Å². The Morgan fingerprint density at radius 1 is 0.903 bits per heavy atom. The van der Waals surface area contributed by atoms with E-state index < -0.39 is 5.82 Å². The maximum absolute atomic E-state index is 13.9. The van der Waals surface area contributed by atoms with E-state index >= 15 is 0 Å². The Morgan fingerprint density at radius 3 is 2.29 bits per heavy atom. The summed E-state index contributed by atoms with van der Waals surface area (Å²) in [6.45, 7) is 2.56. The van der Waals surface area contributed by atoms with Gasteiger partial charge in [-0.05, 0) is 60.9 Å². The third-order valence-corrected chi connectivity index (χ3v) is 5.57. The van der Waals surface area contributed by atoms with Gasteiger partial charge >= 0.3 is 6.03 Å². The standard InChI is InChI=1S/C25H25F2N3O/c26-20-9-11-22(12-10-20)28-25(31)30(24-8-4-7-21(27)17-24)23-13-15-29(16-14-23)18-19-5-2-1-3-6-19/h1-12,17,23H,13-16,18H2,(H,28,31). The van der Waals surface area contributed by atoms with E-state index in [4.69, 9.17) is 0 Å². The number of likely N-dealkylation sites (tertiary alicyclic amines) is 1. The number of carbonyl (C=O) groups is 1. The van der Waals surface area contributed by atoms with Crippen molar-refractivity contribution < 1.29 is 13.6 Å². The van der Waals surface area contributed by atoms with E-state index in [1.54, 1.807) is 17.0 Å². The number of urea groups is 1. The van der Waals surface area contributed by atoms with Crippen molar-refractivity contribution in [2.24, 2.45) is 0 Å². The summed E-state index contributed by atoms with van der Waals surface area (Å²) in [4.78, 5) is 17.2. The van der Waals surface area contributed by atoms with E-state index in [2.05, 4.69) is 22.3 Å². The number of rotatable bonds is 5. The molecule has 6 heteroatoms. The highest BCUT2D eigenvalue weighted by molar-refractivity contribution is 6.02. The largest absolute Gasteiger partial charge is 0.326 e. The molecule has 4 nitrogen and oxygen atoms in total. The van der Waals surface area contributed by atoms with Gasteiger partial charge in [0.05, 0.1) is 0 Å². The van der Waals surface area contributed by atoms with E-state index in [1.807, 2.05) is 18.2 Å². The topological polar surface area (TPSA) is 35.6 Å². The third-order valence-electron chi connectivity index (χ3n) is 5.57. The smallest absolute Gasteiger partial charge is 0.308 e. The molecule has 0 bridgehead atoms. The summed E-state index contributed by atoms with van der Waals surface area (Å²) < 4.78 is 27.1. The quantitative estimate of drug-likeness (QED) is 0.576. The van der Waals surface area contributed by atoms with Crippen LogP contribution in [0.15, 0.2) is 78.9 Å². The molecule has 160 valence electrons. The second kappa shape index (κ2) is 9.71. The predicted octanol–water partition coefficient (Wildman–Crippen LogP) is 5.67. The van der Waals surface area contributed by atoms with Crippen LogP contribution in [-0.2, 0) is 6.54 Å². The summed E-state index contributed by atoms with van der Waals surface area (Å²) >= 11 is 0. The van der Waals surface area contributed by atoms with Crippen LogP contribution in [0.2, 0.25) is 0 Å². The molecule has 2 amide bonds. The average molecular weight is 421 g/mol. The molecule has 1 aliphatic rings. The van der Waals surface area contributed by atoms with E-state index in [1.165, 1.54) is 42.0 Å². The maximum Gasteiger partial charge on any atom is 0.326 e. The van der Waals surface area contributed by atoms with Crippen molar-refractivity contribution in [3.05, 3.63) is 96.1 Å². The van der Waals surface area contributed by atoms with Gasteiger partial charge in [0.2, 0.25) is 0 Å². The first kappa shape index (κ1) is 21.0. The minimum absolute atomic E-state index is 0.0609. The summed E-state index contributed by atoms with van der Waals surface area (Å²) in [5.74, 6) is -0.760. The molecular formula is C25H25F2N3O. The fourth-order valence-electron chi connectivity index (χ4n) is 4.01. The van der Waals surface area contributed by atoms with Crippen LogP contribution in [-0.4, -0.2) is 30.1 Å². The van der Waals surface area contributed by atoms with Crippen LogP contribution in [0.1, 0.15) is 18.4 Å². The van der Waals surface area contributed by atoms with Gasteiger partial charge in [-0.2, -0.15) is 0 Å². The van der Waals surface area contributed by atoms with Gasteiger partial charge in [-0.25, -0.2) is 13.6 Å². The normalized spacial score (nSPS) is 14.9. The van der Waals surface area contributed by atoms with Gasteiger partial charge in [0.15, 0.2) is 0 Å². The van der Waals surface area contributed by atoms with Gasteiger partial charge in [-0.1, -0.05) is 36.4 Å². The lowest BCUT2D eigenvalue weighted by atomic mass is 10.0. The number of carbonyl (C=O) groups excluding carboxylic acids is 1. The number of anilines is 2. The minimum atomic E-state index is -0.390. The van der Waals surface area contributed by atoms with Crippen LogP contribution < -0.4 is 10.2 Å². The number of piperidine rings is 1. The molecule has 3 aromatic rings. The number of nitrogens with zero attached hydrogens (tertiary/aromatic N) is 2. The Bertz CT molecular complexity index is 1000. The molecule has 1 aliphatic heterocycles. The molecule has 0 saturated carbocycles. The lowest BCUT2D eigenvalue weighted by molar-refractivity contribution is 0.199. The summed E-state index contributed by atoms with van der Waals surface area (Å²) in [6.07, 6.45) is 1.56. The fourth-order valence-corrected chi connectivity index (χ4v) is 4.01. The minimum Gasteiger partial charge on any atom is -0.308 e. The van der Waals surface area contributed by atoms with Gasteiger partial charge in [0, 0.05) is 37.1 Å². The third kappa shape index (κ3) is 5.47. The average Bonchev–Trinajstić information content (AvgIpc) is 2.78. The second-order valence-electron chi connectivity index (χ2n) is 7.78. The molecule has 4 rings (SSSR count). The zero-order chi connectivity index (χ0) is 21.6. The van der Waals surface area contributed by atoms with Crippen LogP contribution in [0.3, 0.4) is 0 Å². The molecule has 0 unspecified atom stereocenters. The fraction of sp³-hybridized carbons (Fsp3) is 0.240. The first-order chi connectivity index (χ1) is 15.1. The van der Waals surface area contributed by atoms with Gasteiger partial charge in [-0.15, -0.1) is 0 Å². The highest BCUT2D eigenvalue weighted by atomic mass is 19.1. The molecule has 0 atom stereocenters. The van der Waals surface area contributed by atoms with Crippen molar-refractivity contribution in [1.82, 2.24) is 4.90 Å². The summed E-state index contributed by atoms with van der Waals surface area (Å²) in [6, 6.07) is 21.6. The van der Waals surface area contributed by atoms with Gasteiger partial charge in [0.25, 0.3) is 0 Å². The van der Waals surface area contributed by atoms with Gasteiger partial charge in [0.1, 0.15) is 11.6 Å². The molecule has 1 heterocycles. The molecule has 1 N–H and O–H groups in total. The lowest BCUT2D eigenvalue weighted by Gasteiger charge is -2.38. The van der Waals surface area contributed by atoms with Crippen LogP contribution in [0.5, 0.6) is 0 Å². The van der Waals surface area contributed by atoms with Crippen molar-refractivity contribution in [1.29, 1.82) is 0 Å². The number of hydrogen-bond donors (Lipinski definition) is 1. The zero-order valence-electron chi connectivity index (χ0n) is 17.2. The SMILES string of the molecule is O=C(Nc1ccc(F)cc1)N(c1cccc(F)c1)C1CCN(Cc2ccccc2)CC1. The molecule has 0 radical (unpaired) electrons. The number of nitrogens with one attached hydrogen (secondary N) is 1. The molecule has 0 aliphatic carbocycles. The number of amides is 2. The van der Waals surface area contributed by atoms with Crippen molar-refractivity contribution in [3.63, 3.8) is 0 Å². The first-order valence-corrected chi connectivity index (χ1v) is 10.5. The van der Waals surface area contributed by atoms with Crippen LogP contribution in [0.4, 0.5) is 25.0 Å². The van der Waals surface area contributed by atoms with Crippen LogP contribution in [0, 0.1) is 11.6 Å². The van der Waals surface area contributed by atoms with Crippen molar-refractivity contribution in [2.45, 2.75) is 25.4 Å². The summed E-state index contributed by atoms with van der Waals surface area (Å²) in [5, 5.41) is 2.82. The monoisotopic (exact) mass is 421 g/mol. The number of halogens is 2. The number of hydrogen-bond acceptors (Lipinski definition) is 2. The molecule has 3 aromatic carbocycles. The van der Waals surface area contributed by atoms with Gasteiger partial charge in [-0.3, -0.25) is 9.80 Å². The summed E-state index contributed by atoms with van der Waals surface area (Å²) in [7, 11) is 0. The Morgan fingerprint density at radius 2 is 1.61 bits per heavy atom. The van der Waals surface area contributed by atoms with E-state index in [0.717, 1.165) is 32.5 Å². The molecule has 1 saturated heterocycles. The second-order valence-corrected chi connectivity index (χ2v) is 7.78. The van der Waals surface area contributed by atoms with Crippen molar-refractivity contribution >= 4 is 17.4 Å².